The summed E-state index contributed by atoms with van der Waals surface area (Å²) in [6, 6.07) is 0. The van der Waals surface area contributed by atoms with Crippen molar-refractivity contribution in [2.24, 2.45) is 5.73 Å². The molecule has 1 fully saturated rings. The molecule has 0 radical (unpaired) electrons. The van der Waals surface area contributed by atoms with Crippen LogP contribution in [0.1, 0.15) is 19.3 Å². The van der Waals surface area contributed by atoms with Crippen LogP contribution in [-0.4, -0.2) is 44.3 Å². The Morgan fingerprint density at radius 1 is 1.50 bits per heavy atom. The Labute approximate surface area is 74.9 Å². The van der Waals surface area contributed by atoms with Crippen molar-refractivity contribution in [1.82, 2.24) is 4.90 Å². The highest BCUT2D eigenvalue weighted by atomic mass is 16.5. The van der Waals surface area contributed by atoms with Gasteiger partial charge in [0.05, 0.1) is 5.60 Å². The second-order valence-electron chi connectivity index (χ2n) is 3.79. The van der Waals surface area contributed by atoms with Crippen LogP contribution in [0, 0.1) is 0 Å². The molecule has 0 amide bonds. The number of likely N-dealkylation sites (tertiary alicyclic amines) is 1. The molecule has 12 heavy (non-hydrogen) atoms. The zero-order valence-electron chi connectivity index (χ0n) is 8.18. The van der Waals surface area contributed by atoms with E-state index in [-0.39, 0.29) is 5.60 Å². The number of nitrogens with zero attached hydrogens (tertiary/aromatic N) is 1. The van der Waals surface area contributed by atoms with Gasteiger partial charge in [0.25, 0.3) is 0 Å². The third kappa shape index (κ3) is 2.19. The van der Waals surface area contributed by atoms with Crippen molar-refractivity contribution >= 4 is 0 Å². The monoisotopic (exact) mass is 172 g/mol. The van der Waals surface area contributed by atoms with Crippen LogP contribution in [0.5, 0.6) is 0 Å². The lowest BCUT2D eigenvalue weighted by Gasteiger charge is -2.32. The molecule has 0 aromatic rings. The van der Waals surface area contributed by atoms with Crippen molar-refractivity contribution in [3.8, 4) is 0 Å². The summed E-state index contributed by atoms with van der Waals surface area (Å²) in [4.78, 5) is 2.31. The first-order chi connectivity index (χ1) is 5.72. The molecule has 0 aromatic heterocycles. The van der Waals surface area contributed by atoms with Crippen LogP contribution in [0.3, 0.4) is 0 Å². The average molecular weight is 172 g/mol. The van der Waals surface area contributed by atoms with E-state index in [1.54, 1.807) is 7.11 Å². The molecule has 0 saturated carbocycles. The van der Waals surface area contributed by atoms with E-state index in [0.29, 0.717) is 6.54 Å². The van der Waals surface area contributed by atoms with Gasteiger partial charge in [-0.25, -0.2) is 0 Å². The Bertz CT molecular complexity index is 134. The topological polar surface area (TPSA) is 38.5 Å². The third-order valence-corrected chi connectivity index (χ3v) is 2.79. The van der Waals surface area contributed by atoms with Crippen molar-refractivity contribution < 1.29 is 4.74 Å². The predicted molar refractivity (Wildman–Crippen MR) is 50.1 cm³/mol. The van der Waals surface area contributed by atoms with Gasteiger partial charge in [-0.3, -0.25) is 0 Å². The zero-order chi connectivity index (χ0) is 9.03. The van der Waals surface area contributed by atoms with E-state index >= 15 is 0 Å². The van der Waals surface area contributed by atoms with Crippen LogP contribution >= 0.6 is 0 Å². The summed E-state index contributed by atoms with van der Waals surface area (Å²) >= 11 is 0. The number of hydrogen-bond acceptors (Lipinski definition) is 3. The SMILES string of the molecule is COC1(CN)CCCCN(C)C1. The van der Waals surface area contributed by atoms with Crippen molar-refractivity contribution in [3.63, 3.8) is 0 Å². The minimum Gasteiger partial charge on any atom is -0.376 e. The fourth-order valence-corrected chi connectivity index (χ4v) is 1.90. The molecule has 0 spiro atoms. The molecule has 1 atom stereocenters. The summed E-state index contributed by atoms with van der Waals surface area (Å²) in [6.45, 7) is 2.78. The molecular formula is C9H20N2O. The van der Waals surface area contributed by atoms with E-state index in [9.17, 15) is 0 Å². The molecule has 1 saturated heterocycles. The van der Waals surface area contributed by atoms with Crippen LogP contribution in [0.4, 0.5) is 0 Å². The fraction of sp³-hybridized carbons (Fsp3) is 1.00. The highest BCUT2D eigenvalue weighted by Gasteiger charge is 2.30. The maximum absolute atomic E-state index is 5.73. The van der Waals surface area contributed by atoms with Crippen LogP contribution in [0.25, 0.3) is 0 Å². The van der Waals surface area contributed by atoms with Gasteiger partial charge < -0.3 is 15.4 Å². The largest absolute Gasteiger partial charge is 0.376 e. The van der Waals surface area contributed by atoms with Gasteiger partial charge in [0.2, 0.25) is 0 Å². The van der Waals surface area contributed by atoms with E-state index in [2.05, 4.69) is 11.9 Å². The molecule has 72 valence electrons. The highest BCUT2D eigenvalue weighted by molar-refractivity contribution is 4.86. The summed E-state index contributed by atoms with van der Waals surface area (Å²) < 4.78 is 5.51. The van der Waals surface area contributed by atoms with Gasteiger partial charge in [-0.05, 0) is 32.9 Å². The number of nitrogens with two attached hydrogens (primary N) is 1. The van der Waals surface area contributed by atoms with Crippen molar-refractivity contribution in [2.75, 3.05) is 33.8 Å². The molecular weight excluding hydrogens is 152 g/mol. The molecule has 3 nitrogen and oxygen atoms in total. The molecule has 1 aliphatic rings. The van der Waals surface area contributed by atoms with Gasteiger partial charge in [-0.1, -0.05) is 0 Å². The van der Waals surface area contributed by atoms with E-state index in [1.165, 1.54) is 19.4 Å². The standard InChI is InChI=1S/C9H20N2O/c1-11-6-4-3-5-9(7-10,8-11)12-2/h3-8,10H2,1-2H3. The number of ether oxygens (including phenoxy) is 1. The van der Waals surface area contributed by atoms with E-state index in [1.807, 2.05) is 0 Å². The Morgan fingerprint density at radius 3 is 2.83 bits per heavy atom. The first-order valence-corrected chi connectivity index (χ1v) is 4.66. The molecule has 0 aromatic carbocycles. The molecule has 2 N–H and O–H groups in total. The molecule has 0 bridgehead atoms. The fourth-order valence-electron chi connectivity index (χ4n) is 1.90. The molecule has 1 rings (SSSR count). The van der Waals surface area contributed by atoms with E-state index < -0.39 is 0 Å². The Hall–Kier alpha value is -0.120. The van der Waals surface area contributed by atoms with Crippen LogP contribution in [-0.2, 0) is 4.74 Å². The quantitative estimate of drug-likeness (QED) is 0.657. The van der Waals surface area contributed by atoms with Crippen molar-refractivity contribution in [2.45, 2.75) is 24.9 Å². The van der Waals surface area contributed by atoms with E-state index in [4.69, 9.17) is 10.5 Å². The number of hydrogen-bond donors (Lipinski definition) is 1. The Kier molecular flexibility index (Phi) is 3.50. The maximum Gasteiger partial charge on any atom is 0.0926 e. The maximum atomic E-state index is 5.73. The summed E-state index contributed by atoms with van der Waals surface area (Å²) in [6.07, 6.45) is 3.60. The van der Waals surface area contributed by atoms with Crippen molar-refractivity contribution in [3.05, 3.63) is 0 Å². The molecule has 0 aliphatic carbocycles. The summed E-state index contributed by atoms with van der Waals surface area (Å²) in [5.74, 6) is 0. The Balaban J connectivity index is 2.59. The second kappa shape index (κ2) is 4.21. The van der Waals surface area contributed by atoms with E-state index in [0.717, 1.165) is 13.0 Å². The smallest absolute Gasteiger partial charge is 0.0926 e. The van der Waals surface area contributed by atoms with Gasteiger partial charge in [-0.15, -0.1) is 0 Å². The number of rotatable bonds is 2. The molecule has 1 aliphatic heterocycles. The molecule has 1 unspecified atom stereocenters. The first-order valence-electron chi connectivity index (χ1n) is 4.66. The van der Waals surface area contributed by atoms with Crippen LogP contribution < -0.4 is 5.73 Å². The lowest BCUT2D eigenvalue weighted by molar-refractivity contribution is -0.0236. The first kappa shape index (κ1) is 9.96. The van der Waals surface area contributed by atoms with Gasteiger partial charge in [0.1, 0.15) is 0 Å². The minimum atomic E-state index is -0.0781. The normalized spacial score (nSPS) is 33.2. The predicted octanol–water partition coefficient (Wildman–Crippen LogP) is 0.446. The summed E-state index contributed by atoms with van der Waals surface area (Å²) in [7, 11) is 3.90. The summed E-state index contributed by atoms with van der Waals surface area (Å²) in [5, 5.41) is 0. The molecule has 1 heterocycles. The lowest BCUT2D eigenvalue weighted by Crippen LogP contribution is -2.47. The van der Waals surface area contributed by atoms with Gasteiger partial charge in [0.15, 0.2) is 0 Å². The number of methoxy groups -OCH3 is 1. The third-order valence-electron chi connectivity index (χ3n) is 2.79. The highest BCUT2D eigenvalue weighted by Crippen LogP contribution is 2.22. The minimum absolute atomic E-state index is 0.0781. The Morgan fingerprint density at radius 2 is 2.25 bits per heavy atom. The second-order valence-corrected chi connectivity index (χ2v) is 3.79. The van der Waals surface area contributed by atoms with Crippen LogP contribution in [0.15, 0.2) is 0 Å². The van der Waals surface area contributed by atoms with Gasteiger partial charge >= 0.3 is 0 Å². The van der Waals surface area contributed by atoms with Crippen molar-refractivity contribution in [1.29, 1.82) is 0 Å². The average Bonchev–Trinajstić information content (AvgIpc) is 2.28. The van der Waals surface area contributed by atoms with Gasteiger partial charge in [-0.2, -0.15) is 0 Å². The lowest BCUT2D eigenvalue weighted by atomic mass is 9.98. The zero-order valence-corrected chi connectivity index (χ0v) is 8.18. The van der Waals surface area contributed by atoms with Gasteiger partial charge in [0, 0.05) is 20.2 Å². The molecule has 3 heteroatoms. The van der Waals surface area contributed by atoms with Crippen LogP contribution in [0.2, 0.25) is 0 Å². The number of likely N-dealkylation sites (N-methyl/N-ethyl adjacent to an activating group) is 1. The summed E-state index contributed by atoms with van der Waals surface area (Å²) in [5.41, 5.74) is 5.65.